The van der Waals surface area contributed by atoms with Crippen molar-refractivity contribution in [3.63, 3.8) is 0 Å². The van der Waals surface area contributed by atoms with Crippen LogP contribution in [-0.2, 0) is 13.5 Å². The Morgan fingerprint density at radius 2 is 2.04 bits per heavy atom. The fraction of sp³-hybridized carbons (Fsp3) is 0.522. The first-order chi connectivity index (χ1) is 12.9. The van der Waals surface area contributed by atoms with Crippen molar-refractivity contribution in [3.05, 3.63) is 58.7 Å². The molecule has 2 N–H and O–H groups in total. The van der Waals surface area contributed by atoms with Crippen LogP contribution >= 0.6 is 0 Å². The summed E-state index contributed by atoms with van der Waals surface area (Å²) < 4.78 is 16.3. The number of aryl methyl sites for hydroxylation is 1. The minimum Gasteiger partial charge on any atom is -0.345 e. The van der Waals surface area contributed by atoms with Gasteiger partial charge in [0.25, 0.3) is 0 Å². The summed E-state index contributed by atoms with van der Waals surface area (Å²) in [6.45, 7) is 4.11. The number of Topliss-reactive ketones (excluding diaryl/α,β-unsaturated/α-hetero) is 1. The number of benzene rings is 1. The van der Waals surface area contributed by atoms with Crippen LogP contribution in [0.3, 0.4) is 0 Å². The summed E-state index contributed by atoms with van der Waals surface area (Å²) in [6.07, 6.45) is 4.83. The monoisotopic (exact) mass is 370 g/mol. The number of nitrogens with zero attached hydrogens (tertiary/aromatic N) is 1. The van der Waals surface area contributed by atoms with E-state index in [1.165, 1.54) is 5.69 Å². The van der Waals surface area contributed by atoms with Gasteiger partial charge in [0.05, 0.1) is 5.69 Å². The van der Waals surface area contributed by atoms with Gasteiger partial charge in [0.15, 0.2) is 5.78 Å². The van der Waals surface area contributed by atoms with Crippen LogP contribution in [0.25, 0.3) is 0 Å². The third-order valence-corrected chi connectivity index (χ3v) is 5.93. The van der Waals surface area contributed by atoms with Crippen LogP contribution < -0.4 is 5.73 Å². The third-order valence-electron chi connectivity index (χ3n) is 5.93. The zero-order chi connectivity index (χ0) is 19.6. The van der Waals surface area contributed by atoms with Crippen LogP contribution in [0.1, 0.15) is 85.1 Å². The van der Waals surface area contributed by atoms with Crippen molar-refractivity contribution in [2.45, 2.75) is 70.3 Å². The Morgan fingerprint density at radius 1 is 1.26 bits per heavy atom. The first kappa shape index (κ1) is 19.8. The zero-order valence-electron chi connectivity index (χ0n) is 16.7. The lowest BCUT2D eigenvalue weighted by Gasteiger charge is -2.13. The van der Waals surface area contributed by atoms with Gasteiger partial charge in [0, 0.05) is 31.1 Å². The standard InChI is InChI=1S/C23H31FN2O/c1-15(2)17-8-7-16(20(24)14-17)5-4-6-23(27)22-12-11-21(26(22)3)18-9-10-19(25)13-18/h7-8,11-12,14-15,18-19H,4-6,9-10,13,25H2,1-3H3/t18-,19?/m0/s1. The van der Waals surface area contributed by atoms with Crippen molar-refractivity contribution < 1.29 is 9.18 Å². The third kappa shape index (κ3) is 4.49. The number of rotatable bonds is 7. The Kier molecular flexibility index (Phi) is 6.15. The van der Waals surface area contributed by atoms with Gasteiger partial charge in [0.1, 0.15) is 5.82 Å². The number of hydrogen-bond donors (Lipinski definition) is 1. The van der Waals surface area contributed by atoms with Gasteiger partial charge in [-0.1, -0.05) is 26.0 Å². The van der Waals surface area contributed by atoms with Crippen LogP contribution in [0, 0.1) is 5.82 Å². The van der Waals surface area contributed by atoms with E-state index in [4.69, 9.17) is 5.73 Å². The highest BCUT2D eigenvalue weighted by Gasteiger charge is 2.26. The normalized spacial score (nSPS) is 19.8. The smallest absolute Gasteiger partial charge is 0.179 e. The van der Waals surface area contributed by atoms with Gasteiger partial charge in [-0.3, -0.25) is 4.79 Å². The molecule has 1 aliphatic carbocycles. The van der Waals surface area contributed by atoms with Crippen molar-refractivity contribution in [1.82, 2.24) is 4.57 Å². The molecule has 1 saturated carbocycles. The summed E-state index contributed by atoms with van der Waals surface area (Å²) in [6, 6.07) is 9.75. The Balaban J connectivity index is 1.58. The minimum atomic E-state index is -0.160. The van der Waals surface area contributed by atoms with Crippen LogP contribution in [0.4, 0.5) is 4.39 Å². The molecular weight excluding hydrogens is 339 g/mol. The van der Waals surface area contributed by atoms with Crippen molar-refractivity contribution in [1.29, 1.82) is 0 Å². The molecule has 0 saturated heterocycles. The van der Waals surface area contributed by atoms with Gasteiger partial charge in [-0.05, 0) is 67.3 Å². The van der Waals surface area contributed by atoms with Crippen molar-refractivity contribution in [2.24, 2.45) is 12.8 Å². The summed E-state index contributed by atoms with van der Waals surface area (Å²) >= 11 is 0. The molecular formula is C23H31FN2O. The van der Waals surface area contributed by atoms with Gasteiger partial charge in [-0.25, -0.2) is 4.39 Å². The Labute approximate surface area is 161 Å². The molecule has 1 aliphatic rings. The second-order valence-electron chi connectivity index (χ2n) is 8.25. The van der Waals surface area contributed by atoms with E-state index in [1.807, 2.05) is 29.8 Å². The minimum absolute atomic E-state index is 0.130. The molecule has 0 radical (unpaired) electrons. The number of ketones is 1. The number of halogens is 1. The second kappa shape index (κ2) is 8.39. The SMILES string of the molecule is CC(C)c1ccc(CCCC(=O)c2ccc([C@H]3CCC(N)C3)n2C)c(F)c1. The largest absolute Gasteiger partial charge is 0.345 e. The molecule has 1 heterocycles. The molecule has 3 nitrogen and oxygen atoms in total. The van der Waals surface area contributed by atoms with Gasteiger partial charge in [-0.2, -0.15) is 0 Å². The predicted molar refractivity (Wildman–Crippen MR) is 108 cm³/mol. The molecule has 146 valence electrons. The van der Waals surface area contributed by atoms with E-state index < -0.39 is 0 Å². The molecule has 3 rings (SSSR count). The van der Waals surface area contributed by atoms with Gasteiger partial charge in [-0.15, -0.1) is 0 Å². The molecule has 0 bridgehead atoms. The van der Waals surface area contributed by atoms with E-state index in [2.05, 4.69) is 19.9 Å². The summed E-state index contributed by atoms with van der Waals surface area (Å²) in [5.74, 6) is 0.744. The van der Waals surface area contributed by atoms with E-state index in [0.29, 0.717) is 36.7 Å². The van der Waals surface area contributed by atoms with Gasteiger partial charge < -0.3 is 10.3 Å². The summed E-state index contributed by atoms with van der Waals surface area (Å²) in [5, 5.41) is 0. The van der Waals surface area contributed by atoms with E-state index in [-0.39, 0.29) is 17.6 Å². The molecule has 2 aromatic rings. The fourth-order valence-corrected chi connectivity index (χ4v) is 4.19. The molecule has 0 aliphatic heterocycles. The summed E-state index contributed by atoms with van der Waals surface area (Å²) in [7, 11) is 1.97. The molecule has 27 heavy (non-hydrogen) atoms. The first-order valence-electron chi connectivity index (χ1n) is 10.1. The van der Waals surface area contributed by atoms with E-state index in [0.717, 1.165) is 30.5 Å². The summed E-state index contributed by atoms with van der Waals surface area (Å²) in [5.41, 5.74) is 9.70. The van der Waals surface area contributed by atoms with Crippen LogP contribution in [0.15, 0.2) is 30.3 Å². The predicted octanol–water partition coefficient (Wildman–Crippen LogP) is 5.09. The molecule has 2 atom stereocenters. The van der Waals surface area contributed by atoms with Crippen molar-refractivity contribution >= 4 is 5.78 Å². The van der Waals surface area contributed by atoms with Crippen LogP contribution in [0.2, 0.25) is 0 Å². The molecule has 1 fully saturated rings. The average Bonchev–Trinajstić information content (AvgIpc) is 3.21. The maximum absolute atomic E-state index is 14.2. The average molecular weight is 371 g/mol. The maximum atomic E-state index is 14.2. The second-order valence-corrected chi connectivity index (χ2v) is 8.25. The molecule has 0 spiro atoms. The van der Waals surface area contributed by atoms with Crippen LogP contribution in [0.5, 0.6) is 0 Å². The number of nitrogens with two attached hydrogens (primary N) is 1. The highest BCUT2D eigenvalue weighted by atomic mass is 19.1. The lowest BCUT2D eigenvalue weighted by atomic mass is 9.98. The number of carbonyl (C=O) groups is 1. The highest BCUT2D eigenvalue weighted by molar-refractivity contribution is 5.94. The van der Waals surface area contributed by atoms with E-state index >= 15 is 0 Å². The number of hydrogen-bond acceptors (Lipinski definition) is 2. The van der Waals surface area contributed by atoms with Crippen molar-refractivity contribution in [3.8, 4) is 0 Å². The Bertz CT molecular complexity index is 809. The molecule has 1 aromatic carbocycles. The molecule has 1 aromatic heterocycles. The lowest BCUT2D eigenvalue weighted by molar-refractivity contribution is 0.0972. The zero-order valence-corrected chi connectivity index (χ0v) is 16.7. The molecule has 1 unspecified atom stereocenters. The maximum Gasteiger partial charge on any atom is 0.179 e. The van der Waals surface area contributed by atoms with E-state index in [9.17, 15) is 9.18 Å². The fourth-order valence-electron chi connectivity index (χ4n) is 4.19. The topological polar surface area (TPSA) is 48.0 Å². The first-order valence-corrected chi connectivity index (χ1v) is 10.1. The lowest BCUT2D eigenvalue weighted by Crippen LogP contribution is -2.15. The van der Waals surface area contributed by atoms with Crippen LogP contribution in [-0.4, -0.2) is 16.4 Å². The van der Waals surface area contributed by atoms with Crippen molar-refractivity contribution in [2.75, 3.05) is 0 Å². The Hall–Kier alpha value is -1.94. The Morgan fingerprint density at radius 3 is 2.67 bits per heavy atom. The van der Waals surface area contributed by atoms with E-state index in [1.54, 1.807) is 6.07 Å². The van der Waals surface area contributed by atoms with Gasteiger partial charge in [0.2, 0.25) is 0 Å². The van der Waals surface area contributed by atoms with Gasteiger partial charge >= 0.3 is 0 Å². The number of carbonyl (C=O) groups excluding carboxylic acids is 1. The quantitative estimate of drug-likeness (QED) is 0.690. The molecule has 0 amide bonds. The summed E-state index contributed by atoms with van der Waals surface area (Å²) in [4.78, 5) is 12.6. The number of aromatic nitrogens is 1. The highest BCUT2D eigenvalue weighted by Crippen LogP contribution is 2.34. The molecule has 4 heteroatoms.